The van der Waals surface area contributed by atoms with Crippen LogP contribution >= 0.6 is 23.2 Å². The molecule has 0 aliphatic heterocycles. The SMILES string of the molecule is Cc1cc(N(CCCl)CCCl)ccc1C=Nc1cccc2cc3ccccc3cc12. The number of nitrogens with zero attached hydrogens (tertiary/aromatic N) is 2. The summed E-state index contributed by atoms with van der Waals surface area (Å²) in [5.74, 6) is 1.16. The molecular formula is C26H24Cl2N2. The molecule has 0 aliphatic carbocycles. The third kappa shape index (κ3) is 4.45. The van der Waals surface area contributed by atoms with Crippen LogP contribution < -0.4 is 4.90 Å². The summed E-state index contributed by atoms with van der Waals surface area (Å²) in [6.07, 6.45) is 1.95. The van der Waals surface area contributed by atoms with Crippen LogP contribution in [0.15, 0.2) is 77.8 Å². The highest BCUT2D eigenvalue weighted by atomic mass is 35.5. The quantitative estimate of drug-likeness (QED) is 0.169. The fourth-order valence-electron chi connectivity index (χ4n) is 3.78. The zero-order valence-corrected chi connectivity index (χ0v) is 18.5. The number of alkyl halides is 2. The van der Waals surface area contributed by atoms with Gasteiger partial charge in [-0.1, -0.05) is 42.5 Å². The third-order valence-electron chi connectivity index (χ3n) is 5.39. The van der Waals surface area contributed by atoms with Gasteiger partial charge in [-0.05, 0) is 64.5 Å². The van der Waals surface area contributed by atoms with E-state index >= 15 is 0 Å². The molecule has 4 rings (SSSR count). The van der Waals surface area contributed by atoms with E-state index in [-0.39, 0.29) is 0 Å². The van der Waals surface area contributed by atoms with Crippen LogP contribution in [0, 0.1) is 6.92 Å². The van der Waals surface area contributed by atoms with Gasteiger partial charge >= 0.3 is 0 Å². The van der Waals surface area contributed by atoms with Crippen LogP contribution in [0.3, 0.4) is 0 Å². The maximum atomic E-state index is 5.95. The van der Waals surface area contributed by atoms with Gasteiger partial charge in [0, 0.05) is 42.1 Å². The highest BCUT2D eigenvalue weighted by molar-refractivity contribution is 6.18. The van der Waals surface area contributed by atoms with E-state index in [4.69, 9.17) is 28.2 Å². The maximum Gasteiger partial charge on any atom is 0.0708 e. The number of fused-ring (bicyclic) bond motifs is 2. The van der Waals surface area contributed by atoms with Crippen molar-refractivity contribution in [1.82, 2.24) is 0 Å². The second kappa shape index (κ2) is 9.51. The zero-order valence-electron chi connectivity index (χ0n) is 17.0. The number of hydrogen-bond acceptors (Lipinski definition) is 2. The predicted octanol–water partition coefficient (Wildman–Crippen LogP) is 7.34. The van der Waals surface area contributed by atoms with Crippen LogP contribution in [-0.2, 0) is 0 Å². The van der Waals surface area contributed by atoms with Gasteiger partial charge in [-0.3, -0.25) is 4.99 Å². The molecule has 0 heterocycles. The Kier molecular flexibility index (Phi) is 6.56. The van der Waals surface area contributed by atoms with Crippen molar-refractivity contribution in [2.45, 2.75) is 6.92 Å². The highest BCUT2D eigenvalue weighted by Gasteiger charge is 2.07. The van der Waals surface area contributed by atoms with Gasteiger partial charge in [0.15, 0.2) is 0 Å². The molecular weight excluding hydrogens is 411 g/mol. The molecule has 2 nitrogen and oxygen atoms in total. The topological polar surface area (TPSA) is 15.6 Å². The van der Waals surface area contributed by atoms with E-state index in [1.807, 2.05) is 6.21 Å². The summed E-state index contributed by atoms with van der Waals surface area (Å²) < 4.78 is 0. The molecule has 0 spiro atoms. The molecule has 30 heavy (non-hydrogen) atoms. The molecule has 4 aromatic rings. The first-order chi connectivity index (χ1) is 14.7. The molecule has 0 aromatic heterocycles. The Hall–Kier alpha value is -2.55. The monoisotopic (exact) mass is 434 g/mol. The lowest BCUT2D eigenvalue weighted by atomic mass is 10.0. The summed E-state index contributed by atoms with van der Waals surface area (Å²) in [5.41, 5.74) is 4.40. The number of halogens is 2. The average Bonchev–Trinajstić information content (AvgIpc) is 2.76. The van der Waals surface area contributed by atoms with E-state index in [1.54, 1.807) is 0 Å². The minimum atomic E-state index is 0.578. The molecule has 4 heteroatoms. The van der Waals surface area contributed by atoms with Crippen molar-refractivity contribution in [3.63, 3.8) is 0 Å². The van der Waals surface area contributed by atoms with Crippen LogP contribution in [0.25, 0.3) is 21.5 Å². The molecule has 152 valence electrons. The van der Waals surface area contributed by atoms with Gasteiger partial charge in [0.2, 0.25) is 0 Å². The van der Waals surface area contributed by atoms with Gasteiger partial charge in [0.25, 0.3) is 0 Å². The molecule has 0 N–H and O–H groups in total. The third-order valence-corrected chi connectivity index (χ3v) is 5.73. The van der Waals surface area contributed by atoms with Crippen LogP contribution in [-0.4, -0.2) is 31.1 Å². The number of anilines is 1. The summed E-state index contributed by atoms with van der Waals surface area (Å²) in [7, 11) is 0. The van der Waals surface area contributed by atoms with Crippen LogP contribution in [0.4, 0.5) is 11.4 Å². The minimum absolute atomic E-state index is 0.578. The minimum Gasteiger partial charge on any atom is -0.369 e. The van der Waals surface area contributed by atoms with E-state index < -0.39 is 0 Å². The maximum absolute atomic E-state index is 5.95. The van der Waals surface area contributed by atoms with Crippen molar-refractivity contribution in [3.8, 4) is 0 Å². The summed E-state index contributed by atoms with van der Waals surface area (Å²) in [6, 6.07) is 25.6. The van der Waals surface area contributed by atoms with E-state index in [9.17, 15) is 0 Å². The van der Waals surface area contributed by atoms with Crippen LogP contribution in [0.2, 0.25) is 0 Å². The summed E-state index contributed by atoms with van der Waals surface area (Å²) in [4.78, 5) is 7.05. The second-order valence-electron chi connectivity index (χ2n) is 7.36. The van der Waals surface area contributed by atoms with Crippen molar-refractivity contribution in [2.24, 2.45) is 4.99 Å². The molecule has 0 amide bonds. The Morgan fingerprint density at radius 3 is 2.20 bits per heavy atom. The molecule has 0 fully saturated rings. The van der Waals surface area contributed by atoms with E-state index in [0.29, 0.717) is 11.8 Å². The smallest absolute Gasteiger partial charge is 0.0708 e. The Morgan fingerprint density at radius 2 is 1.50 bits per heavy atom. The average molecular weight is 435 g/mol. The molecule has 0 saturated heterocycles. The van der Waals surface area contributed by atoms with Gasteiger partial charge in [-0.2, -0.15) is 0 Å². The highest BCUT2D eigenvalue weighted by Crippen LogP contribution is 2.30. The van der Waals surface area contributed by atoms with Gasteiger partial charge in [-0.25, -0.2) is 0 Å². The molecule has 0 radical (unpaired) electrons. The van der Waals surface area contributed by atoms with Gasteiger partial charge in [0.05, 0.1) is 5.69 Å². The Labute approximate surface area is 187 Å². The summed E-state index contributed by atoms with van der Waals surface area (Å²) in [6.45, 7) is 3.68. The Balaban J connectivity index is 1.66. The van der Waals surface area contributed by atoms with E-state index in [1.165, 1.54) is 21.7 Å². The lowest BCUT2D eigenvalue weighted by molar-refractivity contribution is 0.873. The van der Waals surface area contributed by atoms with E-state index in [0.717, 1.165) is 35.4 Å². The first kappa shape index (κ1) is 20.7. The van der Waals surface area contributed by atoms with Crippen LogP contribution in [0.5, 0.6) is 0 Å². The second-order valence-corrected chi connectivity index (χ2v) is 8.12. The van der Waals surface area contributed by atoms with E-state index in [2.05, 4.69) is 84.6 Å². The van der Waals surface area contributed by atoms with Crippen molar-refractivity contribution in [2.75, 3.05) is 29.7 Å². The van der Waals surface area contributed by atoms with Crippen molar-refractivity contribution in [1.29, 1.82) is 0 Å². The van der Waals surface area contributed by atoms with Crippen molar-refractivity contribution in [3.05, 3.63) is 83.9 Å². The van der Waals surface area contributed by atoms with Crippen molar-refractivity contribution < 1.29 is 0 Å². The fourth-order valence-corrected chi connectivity index (χ4v) is 4.19. The first-order valence-corrected chi connectivity index (χ1v) is 11.2. The normalized spacial score (nSPS) is 11.6. The standard InChI is InChI=1S/C26H24Cl2N2/c1-19-15-24(30(13-11-27)14-12-28)10-9-23(19)18-29-26-8-4-7-22-16-20-5-2-3-6-21(20)17-25(22)26/h2-10,15-18H,11-14H2,1H3. The summed E-state index contributed by atoms with van der Waals surface area (Å²) >= 11 is 11.9. The molecule has 0 bridgehead atoms. The number of rotatable bonds is 7. The molecule has 0 saturated carbocycles. The van der Waals surface area contributed by atoms with Gasteiger partial charge in [0.1, 0.15) is 0 Å². The molecule has 0 atom stereocenters. The zero-order chi connectivity index (χ0) is 20.9. The number of aliphatic imine (C=N–C) groups is 1. The lowest BCUT2D eigenvalue weighted by Gasteiger charge is -2.23. The first-order valence-electron chi connectivity index (χ1n) is 10.1. The Morgan fingerprint density at radius 1 is 0.800 bits per heavy atom. The molecule has 0 unspecified atom stereocenters. The number of aryl methyl sites for hydroxylation is 1. The predicted molar refractivity (Wildman–Crippen MR) is 134 cm³/mol. The lowest BCUT2D eigenvalue weighted by Crippen LogP contribution is -2.27. The fraction of sp³-hybridized carbons (Fsp3) is 0.192. The van der Waals surface area contributed by atoms with Gasteiger partial charge < -0.3 is 4.90 Å². The summed E-state index contributed by atoms with van der Waals surface area (Å²) in [5, 5.41) is 4.84. The Bertz CT molecular complexity index is 1190. The van der Waals surface area contributed by atoms with Gasteiger partial charge in [-0.15, -0.1) is 23.2 Å². The van der Waals surface area contributed by atoms with Crippen LogP contribution in [0.1, 0.15) is 11.1 Å². The molecule has 0 aliphatic rings. The molecule has 4 aromatic carbocycles. The number of hydrogen-bond donors (Lipinski definition) is 0. The largest absolute Gasteiger partial charge is 0.369 e. The van der Waals surface area contributed by atoms with Crippen molar-refractivity contribution >= 4 is 62.3 Å². The number of benzene rings is 4.